The first-order chi connectivity index (χ1) is 23.0. The summed E-state index contributed by atoms with van der Waals surface area (Å²) in [6, 6.07) is 0. The van der Waals surface area contributed by atoms with E-state index in [-0.39, 0.29) is 25.2 Å². The standard InChI is InChI=1S/C41H72O6/c1-38(2)32-28-24-20-16-12-9-10-14-18-22-26-30-34-41(45)47-37-39(43)36-46-40(44)33-29-25-21-17-13-8-6-4-3-5-7-11-15-19-23-27-31-35-42/h3,5-6,8,11,15,17,21,38-39,42-43H,4,7,9-10,12-14,16,18-20,22-37H2,1-2H3/b5-3-,8-6-,15-11-,21-17-/t39-/m0/s1. The molecule has 0 saturated carbocycles. The lowest BCUT2D eigenvalue weighted by atomic mass is 10.0. The number of rotatable bonds is 34. The molecule has 0 amide bonds. The maximum atomic E-state index is 11.9. The topological polar surface area (TPSA) is 93.1 Å². The summed E-state index contributed by atoms with van der Waals surface area (Å²) in [6.07, 6.45) is 41.8. The van der Waals surface area contributed by atoms with Gasteiger partial charge in [-0.25, -0.2) is 0 Å². The number of ether oxygens (including phenoxy) is 2. The van der Waals surface area contributed by atoms with Crippen LogP contribution in [0, 0.1) is 5.92 Å². The molecule has 0 saturated heterocycles. The summed E-state index contributed by atoms with van der Waals surface area (Å²) in [6.45, 7) is 4.61. The van der Waals surface area contributed by atoms with Crippen LogP contribution in [0.3, 0.4) is 0 Å². The minimum Gasteiger partial charge on any atom is -0.463 e. The van der Waals surface area contributed by atoms with E-state index in [9.17, 15) is 14.7 Å². The highest BCUT2D eigenvalue weighted by molar-refractivity contribution is 5.69. The molecule has 0 fully saturated rings. The predicted octanol–water partition coefficient (Wildman–Crippen LogP) is 10.7. The maximum absolute atomic E-state index is 11.9. The number of allylic oxidation sites excluding steroid dienone is 8. The average molecular weight is 661 g/mol. The molecule has 272 valence electrons. The summed E-state index contributed by atoms with van der Waals surface area (Å²) in [5, 5.41) is 18.7. The summed E-state index contributed by atoms with van der Waals surface area (Å²) >= 11 is 0. The second-order valence-electron chi connectivity index (χ2n) is 13.3. The molecule has 0 aliphatic rings. The van der Waals surface area contributed by atoms with E-state index in [2.05, 4.69) is 62.5 Å². The van der Waals surface area contributed by atoms with Crippen LogP contribution in [0.1, 0.15) is 168 Å². The van der Waals surface area contributed by atoms with E-state index >= 15 is 0 Å². The van der Waals surface area contributed by atoms with Crippen LogP contribution in [-0.4, -0.2) is 48.1 Å². The SMILES string of the molecule is CC(C)CCCCCCCCCCCCCCC(=O)OC[C@@H](O)COC(=O)CCC/C=C\C/C=C\C/C=C\C/C=C\CCCCCO. The summed E-state index contributed by atoms with van der Waals surface area (Å²) in [5.41, 5.74) is 0. The first kappa shape index (κ1) is 44.8. The lowest BCUT2D eigenvalue weighted by Crippen LogP contribution is -2.25. The highest BCUT2D eigenvalue weighted by atomic mass is 16.6. The summed E-state index contributed by atoms with van der Waals surface area (Å²) in [7, 11) is 0. The van der Waals surface area contributed by atoms with Gasteiger partial charge in [0, 0.05) is 19.4 Å². The third-order valence-corrected chi connectivity index (χ3v) is 8.05. The summed E-state index contributed by atoms with van der Waals surface area (Å²) in [4.78, 5) is 23.9. The molecule has 6 nitrogen and oxygen atoms in total. The van der Waals surface area contributed by atoms with Gasteiger partial charge in [0.25, 0.3) is 0 Å². The Bertz CT molecular complexity index is 813. The van der Waals surface area contributed by atoms with Gasteiger partial charge in [0.2, 0.25) is 0 Å². The highest BCUT2D eigenvalue weighted by Crippen LogP contribution is 2.14. The van der Waals surface area contributed by atoms with Crippen molar-refractivity contribution in [2.24, 2.45) is 5.92 Å². The number of esters is 2. The largest absolute Gasteiger partial charge is 0.463 e. The number of hydrogen-bond acceptors (Lipinski definition) is 6. The van der Waals surface area contributed by atoms with Crippen LogP contribution in [0.25, 0.3) is 0 Å². The lowest BCUT2D eigenvalue weighted by molar-refractivity contribution is -0.152. The van der Waals surface area contributed by atoms with Crippen LogP contribution in [0.15, 0.2) is 48.6 Å². The van der Waals surface area contributed by atoms with Gasteiger partial charge in [-0.1, -0.05) is 146 Å². The molecule has 1 atom stereocenters. The molecule has 0 rings (SSSR count). The van der Waals surface area contributed by atoms with Crippen molar-refractivity contribution in [1.82, 2.24) is 0 Å². The Morgan fingerprint density at radius 1 is 0.511 bits per heavy atom. The monoisotopic (exact) mass is 661 g/mol. The fourth-order valence-electron chi connectivity index (χ4n) is 5.12. The molecule has 0 spiro atoms. The Morgan fingerprint density at radius 2 is 0.894 bits per heavy atom. The van der Waals surface area contributed by atoms with Crippen LogP contribution in [0.4, 0.5) is 0 Å². The van der Waals surface area contributed by atoms with Crippen molar-refractivity contribution < 1.29 is 29.3 Å². The van der Waals surface area contributed by atoms with E-state index in [1.165, 1.54) is 64.2 Å². The van der Waals surface area contributed by atoms with Gasteiger partial charge >= 0.3 is 11.9 Å². The van der Waals surface area contributed by atoms with Crippen LogP contribution in [0.2, 0.25) is 0 Å². The van der Waals surface area contributed by atoms with E-state index in [1.54, 1.807) is 0 Å². The molecule has 0 unspecified atom stereocenters. The van der Waals surface area contributed by atoms with Crippen molar-refractivity contribution in [2.75, 3.05) is 19.8 Å². The van der Waals surface area contributed by atoms with E-state index in [4.69, 9.17) is 14.6 Å². The number of carbonyl (C=O) groups excluding carboxylic acids is 2. The highest BCUT2D eigenvalue weighted by Gasteiger charge is 2.12. The van der Waals surface area contributed by atoms with Gasteiger partial charge < -0.3 is 19.7 Å². The van der Waals surface area contributed by atoms with Gasteiger partial charge in [-0.2, -0.15) is 0 Å². The lowest BCUT2D eigenvalue weighted by Gasteiger charge is -2.12. The Labute approximate surface area is 289 Å². The fraction of sp³-hybridized carbons (Fsp3) is 0.756. The molecule has 2 N–H and O–H groups in total. The van der Waals surface area contributed by atoms with Gasteiger partial charge in [0.1, 0.15) is 19.3 Å². The molecular formula is C41H72O6. The molecule has 0 radical (unpaired) electrons. The maximum Gasteiger partial charge on any atom is 0.305 e. The van der Waals surface area contributed by atoms with Gasteiger partial charge in [0.15, 0.2) is 0 Å². The summed E-state index contributed by atoms with van der Waals surface area (Å²) in [5.74, 6) is 0.193. The van der Waals surface area contributed by atoms with Crippen LogP contribution in [-0.2, 0) is 19.1 Å². The predicted molar refractivity (Wildman–Crippen MR) is 197 cm³/mol. The molecule has 0 aromatic rings. The Hall–Kier alpha value is -2.18. The Kier molecular flexibility index (Phi) is 35.0. The van der Waals surface area contributed by atoms with Crippen LogP contribution >= 0.6 is 0 Å². The summed E-state index contributed by atoms with van der Waals surface area (Å²) < 4.78 is 10.3. The molecule has 0 aliphatic carbocycles. The molecular weight excluding hydrogens is 588 g/mol. The van der Waals surface area contributed by atoms with E-state index in [1.807, 2.05) is 0 Å². The number of hydrogen-bond donors (Lipinski definition) is 2. The van der Waals surface area contributed by atoms with E-state index < -0.39 is 6.10 Å². The first-order valence-corrected chi connectivity index (χ1v) is 19.2. The fourth-order valence-corrected chi connectivity index (χ4v) is 5.12. The second kappa shape index (κ2) is 36.7. The molecule has 6 heteroatoms. The molecule has 0 aliphatic heterocycles. The molecule has 0 bridgehead atoms. The zero-order chi connectivity index (χ0) is 34.5. The van der Waals surface area contributed by atoms with Crippen molar-refractivity contribution in [1.29, 1.82) is 0 Å². The molecule has 0 aromatic heterocycles. The van der Waals surface area contributed by atoms with Gasteiger partial charge in [-0.05, 0) is 63.7 Å². The zero-order valence-corrected chi connectivity index (χ0v) is 30.4. The third kappa shape index (κ3) is 38.2. The minimum absolute atomic E-state index is 0.139. The second-order valence-corrected chi connectivity index (χ2v) is 13.3. The van der Waals surface area contributed by atoms with Crippen molar-refractivity contribution in [3.63, 3.8) is 0 Å². The number of carbonyl (C=O) groups is 2. The molecule has 0 heterocycles. The van der Waals surface area contributed by atoms with Crippen molar-refractivity contribution in [3.05, 3.63) is 48.6 Å². The van der Waals surface area contributed by atoms with Crippen molar-refractivity contribution >= 4 is 11.9 Å². The normalized spacial score (nSPS) is 12.8. The Balaban J connectivity index is 3.54. The van der Waals surface area contributed by atoms with Gasteiger partial charge in [0.05, 0.1) is 0 Å². The molecule has 47 heavy (non-hydrogen) atoms. The average Bonchev–Trinajstić information content (AvgIpc) is 3.05. The van der Waals surface area contributed by atoms with Crippen LogP contribution < -0.4 is 0 Å². The van der Waals surface area contributed by atoms with Gasteiger partial charge in [-0.3, -0.25) is 9.59 Å². The van der Waals surface area contributed by atoms with E-state index in [0.717, 1.165) is 76.5 Å². The minimum atomic E-state index is -0.992. The number of unbranched alkanes of at least 4 members (excludes halogenated alkanes) is 15. The number of aliphatic hydroxyl groups is 2. The first-order valence-electron chi connectivity index (χ1n) is 19.2. The smallest absolute Gasteiger partial charge is 0.305 e. The zero-order valence-electron chi connectivity index (χ0n) is 30.4. The molecule has 0 aromatic carbocycles. The Morgan fingerprint density at radius 3 is 1.36 bits per heavy atom. The van der Waals surface area contributed by atoms with Crippen molar-refractivity contribution in [3.8, 4) is 0 Å². The van der Waals surface area contributed by atoms with Crippen molar-refractivity contribution in [2.45, 2.75) is 174 Å². The number of aliphatic hydroxyl groups excluding tert-OH is 2. The van der Waals surface area contributed by atoms with Crippen LogP contribution in [0.5, 0.6) is 0 Å². The van der Waals surface area contributed by atoms with Gasteiger partial charge in [-0.15, -0.1) is 0 Å². The van der Waals surface area contributed by atoms with E-state index in [0.29, 0.717) is 25.9 Å². The quantitative estimate of drug-likeness (QED) is 0.0405. The third-order valence-electron chi connectivity index (χ3n) is 8.05.